The number of ether oxygens (including phenoxy) is 2. The second-order valence-corrected chi connectivity index (χ2v) is 6.89. The molecule has 2 amide bonds. The lowest BCUT2D eigenvalue weighted by atomic mass is 10.2. The van der Waals surface area contributed by atoms with Gasteiger partial charge in [-0.25, -0.2) is 9.18 Å². The maximum Gasteiger partial charge on any atom is 0.412 e. The van der Waals surface area contributed by atoms with Crippen molar-refractivity contribution < 1.29 is 23.5 Å². The van der Waals surface area contributed by atoms with Crippen LogP contribution >= 0.6 is 0 Å². The van der Waals surface area contributed by atoms with Gasteiger partial charge in [0, 0.05) is 17.3 Å². The minimum absolute atomic E-state index is 0.0965. The highest BCUT2D eigenvalue weighted by Gasteiger charge is 2.17. The van der Waals surface area contributed by atoms with E-state index in [4.69, 9.17) is 9.47 Å². The molecule has 7 heteroatoms. The summed E-state index contributed by atoms with van der Waals surface area (Å²) < 4.78 is 24.3. The maximum absolute atomic E-state index is 13.9. The van der Waals surface area contributed by atoms with Crippen LogP contribution in [0.5, 0.6) is 5.75 Å². The number of hydrogen-bond donors (Lipinski definition) is 2. The van der Waals surface area contributed by atoms with Gasteiger partial charge in [0.15, 0.2) is 0 Å². The largest absolute Gasteiger partial charge is 0.496 e. The van der Waals surface area contributed by atoms with Crippen LogP contribution < -0.4 is 15.4 Å². The SMILES string of the molecule is COc1ccccc1/C=C/C(=O)Nc1ccc(F)c(NC(=O)OC(C)(C)C)c1. The van der Waals surface area contributed by atoms with Gasteiger partial charge in [-0.1, -0.05) is 18.2 Å². The summed E-state index contributed by atoms with van der Waals surface area (Å²) in [7, 11) is 1.55. The molecule has 0 aliphatic rings. The summed E-state index contributed by atoms with van der Waals surface area (Å²) in [4.78, 5) is 24.0. The van der Waals surface area contributed by atoms with E-state index in [9.17, 15) is 14.0 Å². The molecule has 0 radical (unpaired) electrons. The molecule has 2 aromatic carbocycles. The summed E-state index contributed by atoms with van der Waals surface area (Å²) in [5.41, 5.74) is 0.254. The first kappa shape index (κ1) is 21.0. The monoisotopic (exact) mass is 386 g/mol. The molecule has 0 saturated heterocycles. The second kappa shape index (κ2) is 9.03. The first-order chi connectivity index (χ1) is 13.2. The van der Waals surface area contributed by atoms with Crippen molar-refractivity contribution in [2.24, 2.45) is 0 Å². The lowest BCUT2D eigenvalue weighted by molar-refractivity contribution is -0.111. The fraction of sp³-hybridized carbons (Fsp3) is 0.238. The smallest absolute Gasteiger partial charge is 0.412 e. The van der Waals surface area contributed by atoms with Crippen LogP contribution in [0, 0.1) is 5.82 Å². The Kier molecular flexibility index (Phi) is 6.76. The van der Waals surface area contributed by atoms with Crippen LogP contribution in [0.3, 0.4) is 0 Å². The van der Waals surface area contributed by atoms with Crippen molar-refractivity contribution in [3.8, 4) is 5.75 Å². The molecule has 0 bridgehead atoms. The number of carbonyl (C=O) groups is 2. The van der Waals surface area contributed by atoms with Crippen molar-refractivity contribution in [3.63, 3.8) is 0 Å². The molecule has 2 aromatic rings. The maximum atomic E-state index is 13.9. The molecule has 0 unspecified atom stereocenters. The van der Waals surface area contributed by atoms with Crippen molar-refractivity contribution in [1.29, 1.82) is 0 Å². The summed E-state index contributed by atoms with van der Waals surface area (Å²) in [6.07, 6.45) is 2.16. The Bertz CT molecular complexity index is 888. The Balaban J connectivity index is 2.06. The van der Waals surface area contributed by atoms with E-state index in [1.807, 2.05) is 18.2 Å². The first-order valence-electron chi connectivity index (χ1n) is 8.59. The highest BCUT2D eigenvalue weighted by atomic mass is 19.1. The molecule has 0 aromatic heterocycles. The average Bonchev–Trinajstić information content (AvgIpc) is 2.61. The van der Waals surface area contributed by atoms with Crippen molar-refractivity contribution >= 4 is 29.5 Å². The van der Waals surface area contributed by atoms with E-state index in [-0.39, 0.29) is 5.69 Å². The van der Waals surface area contributed by atoms with Crippen molar-refractivity contribution in [2.75, 3.05) is 17.7 Å². The quantitative estimate of drug-likeness (QED) is 0.722. The average molecular weight is 386 g/mol. The first-order valence-corrected chi connectivity index (χ1v) is 8.59. The van der Waals surface area contributed by atoms with E-state index in [0.717, 1.165) is 11.6 Å². The van der Waals surface area contributed by atoms with Crippen molar-refractivity contribution in [1.82, 2.24) is 0 Å². The number of carbonyl (C=O) groups excluding carboxylic acids is 2. The van der Waals surface area contributed by atoms with E-state index in [2.05, 4.69) is 10.6 Å². The van der Waals surface area contributed by atoms with Crippen LogP contribution in [-0.4, -0.2) is 24.7 Å². The Morgan fingerprint density at radius 2 is 1.79 bits per heavy atom. The number of nitrogens with one attached hydrogen (secondary N) is 2. The predicted octanol–water partition coefficient (Wildman–Crippen LogP) is 4.83. The molecule has 0 atom stereocenters. The molecular formula is C21H23FN2O4. The molecule has 0 spiro atoms. The molecule has 28 heavy (non-hydrogen) atoms. The fourth-order valence-corrected chi connectivity index (χ4v) is 2.27. The van der Waals surface area contributed by atoms with Crippen LogP contribution in [0.2, 0.25) is 0 Å². The normalized spacial score (nSPS) is 11.2. The van der Waals surface area contributed by atoms with E-state index in [1.54, 1.807) is 40.0 Å². The van der Waals surface area contributed by atoms with Crippen LogP contribution in [0.25, 0.3) is 6.08 Å². The molecule has 0 heterocycles. The van der Waals surface area contributed by atoms with Crippen molar-refractivity contribution in [3.05, 3.63) is 59.9 Å². The zero-order valence-electron chi connectivity index (χ0n) is 16.2. The van der Waals surface area contributed by atoms with Gasteiger partial charge in [-0.15, -0.1) is 0 Å². The van der Waals surface area contributed by atoms with Crippen molar-refractivity contribution in [2.45, 2.75) is 26.4 Å². The van der Waals surface area contributed by atoms with Crippen LogP contribution in [0.15, 0.2) is 48.5 Å². The fourth-order valence-electron chi connectivity index (χ4n) is 2.27. The zero-order valence-corrected chi connectivity index (χ0v) is 16.2. The third-order valence-corrected chi connectivity index (χ3v) is 3.42. The van der Waals surface area contributed by atoms with Gasteiger partial charge in [0.2, 0.25) is 5.91 Å². The highest BCUT2D eigenvalue weighted by Crippen LogP contribution is 2.22. The minimum atomic E-state index is -0.786. The lowest BCUT2D eigenvalue weighted by Crippen LogP contribution is -2.27. The highest BCUT2D eigenvalue weighted by molar-refractivity contribution is 6.02. The molecule has 0 aliphatic carbocycles. The van der Waals surface area contributed by atoms with Crippen LogP contribution in [0.4, 0.5) is 20.6 Å². The number of anilines is 2. The molecule has 0 fully saturated rings. The Morgan fingerprint density at radius 1 is 1.07 bits per heavy atom. The van der Waals surface area contributed by atoms with Gasteiger partial charge < -0.3 is 14.8 Å². The number of halogens is 1. The Hall–Kier alpha value is -3.35. The van der Waals surface area contributed by atoms with E-state index < -0.39 is 23.4 Å². The molecule has 2 rings (SSSR count). The van der Waals surface area contributed by atoms with Gasteiger partial charge in [-0.2, -0.15) is 0 Å². The zero-order chi connectivity index (χ0) is 20.7. The standard InChI is InChI=1S/C21H23FN2O4/c1-21(2,3)28-20(26)24-17-13-15(10-11-16(17)22)23-19(25)12-9-14-7-5-6-8-18(14)27-4/h5-13H,1-4H3,(H,23,25)(H,24,26)/b12-9+. The van der Waals surface area contributed by atoms with Gasteiger partial charge in [-0.3, -0.25) is 10.1 Å². The van der Waals surface area contributed by atoms with E-state index in [0.29, 0.717) is 11.4 Å². The number of para-hydroxylation sites is 1. The summed E-state index contributed by atoms with van der Waals surface area (Å²) >= 11 is 0. The molecule has 0 saturated carbocycles. The van der Waals surface area contributed by atoms with E-state index >= 15 is 0 Å². The van der Waals surface area contributed by atoms with Gasteiger partial charge in [0.25, 0.3) is 0 Å². The predicted molar refractivity (Wildman–Crippen MR) is 107 cm³/mol. The number of methoxy groups -OCH3 is 1. The van der Waals surface area contributed by atoms with Gasteiger partial charge >= 0.3 is 6.09 Å². The summed E-state index contributed by atoms with van der Waals surface area (Å²) in [6, 6.07) is 11.1. The molecule has 0 aliphatic heterocycles. The van der Waals surface area contributed by atoms with Gasteiger partial charge in [-0.05, 0) is 51.1 Å². The van der Waals surface area contributed by atoms with Gasteiger partial charge in [0.1, 0.15) is 17.2 Å². The molecule has 148 valence electrons. The topological polar surface area (TPSA) is 76.7 Å². The minimum Gasteiger partial charge on any atom is -0.496 e. The number of hydrogen-bond acceptors (Lipinski definition) is 4. The van der Waals surface area contributed by atoms with E-state index in [1.165, 1.54) is 18.2 Å². The van der Waals surface area contributed by atoms with Crippen LogP contribution in [-0.2, 0) is 9.53 Å². The lowest BCUT2D eigenvalue weighted by Gasteiger charge is -2.20. The number of benzene rings is 2. The number of rotatable bonds is 5. The number of amides is 2. The molecule has 2 N–H and O–H groups in total. The Morgan fingerprint density at radius 3 is 2.46 bits per heavy atom. The summed E-state index contributed by atoms with van der Waals surface area (Å²) in [6.45, 7) is 5.11. The molecular weight excluding hydrogens is 363 g/mol. The Labute approximate surface area is 163 Å². The third kappa shape index (κ3) is 6.42. The second-order valence-electron chi connectivity index (χ2n) is 6.89. The van der Waals surface area contributed by atoms with Crippen LogP contribution in [0.1, 0.15) is 26.3 Å². The molecule has 6 nitrogen and oxygen atoms in total. The van der Waals surface area contributed by atoms with Gasteiger partial charge in [0.05, 0.1) is 12.8 Å². The summed E-state index contributed by atoms with van der Waals surface area (Å²) in [5, 5.41) is 4.94. The summed E-state index contributed by atoms with van der Waals surface area (Å²) in [5.74, 6) is -0.425. The third-order valence-electron chi connectivity index (χ3n) is 3.42.